The fourth-order valence-corrected chi connectivity index (χ4v) is 5.65. The molecule has 0 bridgehead atoms. The van der Waals surface area contributed by atoms with E-state index in [9.17, 15) is 15.0 Å². The SMILES string of the molecule is Cc1c(C(=O)C(C)CC(Cc2ccccc2Cl)C(O)O)nn(C2=CCC(Cl)C=C2Cl)c1-c1ccc(Cl)cc1. The van der Waals surface area contributed by atoms with E-state index in [-0.39, 0.29) is 17.6 Å². The number of rotatable bonds is 9. The van der Waals surface area contributed by atoms with Crippen molar-refractivity contribution in [3.05, 3.63) is 92.6 Å². The molecule has 0 fully saturated rings. The Morgan fingerprint density at radius 3 is 2.42 bits per heavy atom. The molecule has 0 saturated heterocycles. The lowest BCUT2D eigenvalue weighted by Crippen LogP contribution is -2.27. The molecule has 1 aliphatic carbocycles. The Bertz CT molecular complexity index is 1380. The van der Waals surface area contributed by atoms with Crippen molar-refractivity contribution in [3.63, 3.8) is 0 Å². The topological polar surface area (TPSA) is 75.3 Å². The lowest BCUT2D eigenvalue weighted by Gasteiger charge is -2.22. The number of halogens is 4. The van der Waals surface area contributed by atoms with Crippen LogP contribution in [0.2, 0.25) is 10.0 Å². The van der Waals surface area contributed by atoms with Crippen LogP contribution in [0.25, 0.3) is 17.0 Å². The third-order valence-electron chi connectivity index (χ3n) is 6.78. The smallest absolute Gasteiger partial charge is 0.186 e. The molecule has 1 aliphatic rings. The number of allylic oxidation sites excluding steroid dienone is 4. The number of nitrogens with zero attached hydrogens (tertiary/aromatic N) is 2. The van der Waals surface area contributed by atoms with Crippen molar-refractivity contribution in [2.24, 2.45) is 11.8 Å². The molecule has 200 valence electrons. The fraction of sp³-hybridized carbons (Fsp3) is 0.310. The number of alkyl halides is 1. The zero-order valence-corrected chi connectivity index (χ0v) is 23.9. The highest BCUT2D eigenvalue weighted by atomic mass is 35.5. The minimum atomic E-state index is -1.61. The molecule has 3 atom stereocenters. The summed E-state index contributed by atoms with van der Waals surface area (Å²) >= 11 is 25.2. The van der Waals surface area contributed by atoms with Crippen LogP contribution in [0.5, 0.6) is 0 Å². The second-order valence-corrected chi connectivity index (χ2v) is 11.4. The molecule has 9 heteroatoms. The van der Waals surface area contributed by atoms with Crippen LogP contribution in [0.1, 0.15) is 41.4 Å². The number of carbonyl (C=O) groups is 1. The zero-order chi connectivity index (χ0) is 27.6. The van der Waals surface area contributed by atoms with Gasteiger partial charge in [0.2, 0.25) is 0 Å². The highest BCUT2D eigenvalue weighted by molar-refractivity contribution is 6.37. The van der Waals surface area contributed by atoms with Gasteiger partial charge in [-0.05, 0) is 56.0 Å². The zero-order valence-electron chi connectivity index (χ0n) is 20.9. The molecule has 3 aromatic rings. The normalized spacial score (nSPS) is 17.2. The fourth-order valence-electron chi connectivity index (χ4n) is 4.72. The van der Waals surface area contributed by atoms with E-state index in [4.69, 9.17) is 51.5 Å². The van der Waals surface area contributed by atoms with Crippen molar-refractivity contribution in [2.45, 2.75) is 44.8 Å². The van der Waals surface area contributed by atoms with Gasteiger partial charge in [-0.15, -0.1) is 11.6 Å². The summed E-state index contributed by atoms with van der Waals surface area (Å²) in [5.74, 6) is -1.33. The largest absolute Gasteiger partial charge is 0.368 e. The van der Waals surface area contributed by atoms with Crippen LogP contribution >= 0.6 is 46.4 Å². The Hall–Kier alpha value is -2.12. The molecule has 0 spiro atoms. The maximum absolute atomic E-state index is 13.7. The van der Waals surface area contributed by atoms with E-state index in [1.165, 1.54) is 0 Å². The summed E-state index contributed by atoms with van der Waals surface area (Å²) in [7, 11) is 0. The van der Waals surface area contributed by atoms with E-state index in [0.29, 0.717) is 44.9 Å². The molecule has 5 nitrogen and oxygen atoms in total. The van der Waals surface area contributed by atoms with Gasteiger partial charge >= 0.3 is 0 Å². The van der Waals surface area contributed by atoms with Gasteiger partial charge in [0.25, 0.3) is 0 Å². The second-order valence-electron chi connectivity index (χ2n) is 9.57. The minimum absolute atomic E-state index is 0.201. The first kappa shape index (κ1) is 28.9. The number of aromatic nitrogens is 2. The summed E-state index contributed by atoms with van der Waals surface area (Å²) in [6.45, 7) is 3.62. The van der Waals surface area contributed by atoms with Crippen LogP contribution in [-0.4, -0.2) is 37.4 Å². The van der Waals surface area contributed by atoms with Gasteiger partial charge in [0, 0.05) is 33.0 Å². The molecule has 38 heavy (non-hydrogen) atoms. The Balaban J connectivity index is 1.69. The molecule has 4 rings (SSSR count). The first-order valence-electron chi connectivity index (χ1n) is 12.3. The number of hydrogen-bond donors (Lipinski definition) is 2. The van der Waals surface area contributed by atoms with Gasteiger partial charge in [-0.25, -0.2) is 4.68 Å². The average molecular weight is 594 g/mol. The third-order valence-corrected chi connectivity index (χ3v) is 8.02. The number of Topliss-reactive ketones (excluding diaryl/α,β-unsaturated/α-hetero) is 1. The molecule has 0 radical (unpaired) electrons. The standard InChI is InChI=1S/C29H28Cl4N2O3/c1-16(13-20(29(37)38)14-19-5-3-4-6-23(19)32)28(36)26-17(2)27(18-7-9-21(30)10-8-18)35(34-26)25-12-11-22(31)15-24(25)33/h3-10,12,15-16,20,22,29,37-38H,11,13-14H2,1-2H3. The maximum Gasteiger partial charge on any atom is 0.186 e. The van der Waals surface area contributed by atoms with Crippen molar-refractivity contribution < 1.29 is 15.0 Å². The summed E-state index contributed by atoms with van der Waals surface area (Å²) < 4.78 is 1.68. The van der Waals surface area contributed by atoms with Gasteiger partial charge in [-0.3, -0.25) is 4.79 Å². The lowest BCUT2D eigenvalue weighted by molar-refractivity contribution is -0.0878. The van der Waals surface area contributed by atoms with E-state index in [0.717, 1.165) is 16.8 Å². The van der Waals surface area contributed by atoms with E-state index in [2.05, 4.69) is 0 Å². The summed E-state index contributed by atoms with van der Waals surface area (Å²) in [4.78, 5) is 13.7. The number of benzene rings is 2. The van der Waals surface area contributed by atoms with Crippen LogP contribution in [0.4, 0.5) is 0 Å². The third kappa shape index (κ3) is 6.36. The molecular weight excluding hydrogens is 566 g/mol. The van der Waals surface area contributed by atoms with E-state index >= 15 is 0 Å². The van der Waals surface area contributed by atoms with Crippen molar-refractivity contribution in [1.29, 1.82) is 0 Å². The number of ketones is 1. The van der Waals surface area contributed by atoms with Crippen LogP contribution in [0.3, 0.4) is 0 Å². The van der Waals surface area contributed by atoms with Gasteiger partial charge in [-0.2, -0.15) is 5.10 Å². The Kier molecular flexibility index (Phi) is 9.40. The lowest BCUT2D eigenvalue weighted by atomic mass is 9.86. The summed E-state index contributed by atoms with van der Waals surface area (Å²) in [6.07, 6.45) is 3.19. The number of hydrogen-bond acceptors (Lipinski definition) is 4. The van der Waals surface area contributed by atoms with Gasteiger partial charge in [0.15, 0.2) is 12.1 Å². The van der Waals surface area contributed by atoms with Gasteiger partial charge < -0.3 is 10.2 Å². The predicted molar refractivity (Wildman–Crippen MR) is 155 cm³/mol. The first-order valence-corrected chi connectivity index (χ1v) is 13.9. The number of aliphatic hydroxyl groups is 2. The second kappa shape index (κ2) is 12.4. The van der Waals surface area contributed by atoms with Gasteiger partial charge in [0.1, 0.15) is 5.69 Å². The maximum atomic E-state index is 13.7. The van der Waals surface area contributed by atoms with E-state index in [1.807, 2.05) is 43.3 Å². The van der Waals surface area contributed by atoms with Crippen molar-refractivity contribution in [1.82, 2.24) is 9.78 Å². The van der Waals surface area contributed by atoms with Crippen molar-refractivity contribution >= 4 is 57.9 Å². The summed E-state index contributed by atoms with van der Waals surface area (Å²) in [5.41, 5.74) is 3.97. The molecule has 1 heterocycles. The van der Waals surface area contributed by atoms with Crippen molar-refractivity contribution in [3.8, 4) is 11.3 Å². The number of aliphatic hydroxyl groups excluding tert-OH is 1. The molecule has 2 aromatic carbocycles. The van der Waals surface area contributed by atoms with Crippen LogP contribution < -0.4 is 0 Å². The molecule has 3 unspecified atom stereocenters. The first-order chi connectivity index (χ1) is 18.1. The van der Waals surface area contributed by atoms with Gasteiger partial charge in [-0.1, -0.05) is 78.1 Å². The molecule has 1 aromatic heterocycles. The molecule has 0 saturated carbocycles. The Labute approximate surface area is 242 Å². The quantitative estimate of drug-likeness (QED) is 0.153. The molecule has 2 N–H and O–H groups in total. The van der Waals surface area contributed by atoms with E-state index < -0.39 is 18.1 Å². The highest BCUT2D eigenvalue weighted by Gasteiger charge is 2.30. The Morgan fingerprint density at radius 2 is 1.79 bits per heavy atom. The Morgan fingerprint density at radius 1 is 1.11 bits per heavy atom. The van der Waals surface area contributed by atoms with E-state index in [1.54, 1.807) is 35.9 Å². The van der Waals surface area contributed by atoms with Crippen LogP contribution in [-0.2, 0) is 6.42 Å². The monoisotopic (exact) mass is 592 g/mol. The van der Waals surface area contributed by atoms with Gasteiger partial charge in [0.05, 0.1) is 21.8 Å². The molecule has 0 amide bonds. The molecular formula is C29H28Cl4N2O3. The molecule has 0 aliphatic heterocycles. The summed E-state index contributed by atoms with van der Waals surface area (Å²) in [5, 5.41) is 26.3. The van der Waals surface area contributed by atoms with Crippen LogP contribution in [0, 0.1) is 18.8 Å². The highest BCUT2D eigenvalue weighted by Crippen LogP contribution is 2.36. The minimum Gasteiger partial charge on any atom is -0.368 e. The number of carbonyl (C=O) groups excluding carboxylic acids is 1. The predicted octanol–water partition coefficient (Wildman–Crippen LogP) is 7.52. The van der Waals surface area contributed by atoms with Crippen molar-refractivity contribution in [2.75, 3.05) is 0 Å². The van der Waals surface area contributed by atoms with Crippen LogP contribution in [0.15, 0.2) is 65.7 Å². The summed E-state index contributed by atoms with van der Waals surface area (Å²) in [6, 6.07) is 14.6. The average Bonchev–Trinajstić information content (AvgIpc) is 3.21.